The van der Waals surface area contributed by atoms with Gasteiger partial charge in [-0.15, -0.1) is 0 Å². The van der Waals surface area contributed by atoms with Crippen molar-refractivity contribution in [3.8, 4) is 0 Å². The Morgan fingerprint density at radius 2 is 2.36 bits per heavy atom. The van der Waals surface area contributed by atoms with Crippen LogP contribution in [0.1, 0.15) is 25.1 Å². The van der Waals surface area contributed by atoms with Gasteiger partial charge in [0.15, 0.2) is 0 Å². The molecule has 0 aliphatic rings. The number of nitrogens with zero attached hydrogens (tertiary/aromatic N) is 2. The van der Waals surface area contributed by atoms with E-state index in [0.29, 0.717) is 5.92 Å². The monoisotopic (exact) mass is 197 g/mol. The minimum atomic E-state index is 0.00588. The Hall–Kier alpha value is -0.870. The predicted octanol–water partition coefficient (Wildman–Crippen LogP) is 1.09. The smallest absolute Gasteiger partial charge is 0.0794 e. The highest BCUT2D eigenvalue weighted by Crippen LogP contribution is 2.19. The van der Waals surface area contributed by atoms with E-state index in [9.17, 15) is 0 Å². The number of methoxy groups -OCH3 is 1. The van der Waals surface area contributed by atoms with Gasteiger partial charge < -0.3 is 10.5 Å². The molecular weight excluding hydrogens is 178 g/mol. The molecule has 0 saturated heterocycles. The molecular formula is C10H19N3O. The summed E-state index contributed by atoms with van der Waals surface area (Å²) < 4.78 is 6.80. The van der Waals surface area contributed by atoms with Gasteiger partial charge in [0.1, 0.15) is 0 Å². The SMILES string of the molecule is COCCC(C)C(N)c1ccn(C)n1. The quantitative estimate of drug-likeness (QED) is 0.768. The molecule has 80 valence electrons. The number of nitrogens with two attached hydrogens (primary N) is 1. The number of ether oxygens (including phenoxy) is 1. The fourth-order valence-electron chi connectivity index (χ4n) is 1.39. The first-order chi connectivity index (χ1) is 6.65. The Labute approximate surface area is 85.0 Å². The summed E-state index contributed by atoms with van der Waals surface area (Å²) in [6.45, 7) is 2.88. The van der Waals surface area contributed by atoms with E-state index in [-0.39, 0.29) is 6.04 Å². The largest absolute Gasteiger partial charge is 0.385 e. The topological polar surface area (TPSA) is 53.1 Å². The molecule has 0 amide bonds. The van der Waals surface area contributed by atoms with E-state index in [1.165, 1.54) is 0 Å². The summed E-state index contributed by atoms with van der Waals surface area (Å²) in [5.74, 6) is 0.393. The number of rotatable bonds is 5. The minimum absolute atomic E-state index is 0.00588. The van der Waals surface area contributed by atoms with Crippen LogP contribution in [0.3, 0.4) is 0 Å². The van der Waals surface area contributed by atoms with Crippen LogP contribution in [0.4, 0.5) is 0 Å². The van der Waals surface area contributed by atoms with Crippen LogP contribution in [0.15, 0.2) is 12.3 Å². The van der Waals surface area contributed by atoms with E-state index >= 15 is 0 Å². The van der Waals surface area contributed by atoms with Gasteiger partial charge in [-0.25, -0.2) is 0 Å². The Bertz CT molecular complexity index is 272. The Morgan fingerprint density at radius 1 is 1.64 bits per heavy atom. The van der Waals surface area contributed by atoms with E-state index in [1.807, 2.05) is 19.3 Å². The zero-order valence-electron chi connectivity index (χ0n) is 9.10. The fraction of sp³-hybridized carbons (Fsp3) is 0.700. The van der Waals surface area contributed by atoms with Crippen molar-refractivity contribution < 1.29 is 4.74 Å². The summed E-state index contributed by atoms with van der Waals surface area (Å²) in [5.41, 5.74) is 7.02. The first kappa shape index (κ1) is 11.2. The third-order valence-electron chi connectivity index (χ3n) is 2.47. The molecule has 0 aliphatic carbocycles. The third kappa shape index (κ3) is 2.82. The van der Waals surface area contributed by atoms with Crippen LogP contribution in [0.5, 0.6) is 0 Å². The lowest BCUT2D eigenvalue weighted by atomic mass is 9.97. The normalized spacial score (nSPS) is 15.4. The third-order valence-corrected chi connectivity index (χ3v) is 2.47. The first-order valence-electron chi connectivity index (χ1n) is 4.89. The maximum atomic E-state index is 6.06. The van der Waals surface area contributed by atoms with Crippen LogP contribution in [0.2, 0.25) is 0 Å². The molecule has 0 radical (unpaired) electrons. The van der Waals surface area contributed by atoms with Gasteiger partial charge in [0, 0.05) is 27.0 Å². The number of hydrogen-bond acceptors (Lipinski definition) is 3. The molecule has 0 fully saturated rings. The highest BCUT2D eigenvalue weighted by molar-refractivity contribution is 5.05. The summed E-state index contributed by atoms with van der Waals surface area (Å²) in [5, 5.41) is 4.29. The van der Waals surface area contributed by atoms with Crippen molar-refractivity contribution in [1.82, 2.24) is 9.78 Å². The van der Waals surface area contributed by atoms with Crippen LogP contribution in [0.25, 0.3) is 0 Å². The van der Waals surface area contributed by atoms with Crippen molar-refractivity contribution in [2.45, 2.75) is 19.4 Å². The minimum Gasteiger partial charge on any atom is -0.385 e. The molecule has 0 aliphatic heterocycles. The maximum absolute atomic E-state index is 6.06. The van der Waals surface area contributed by atoms with Gasteiger partial charge in [-0.3, -0.25) is 4.68 Å². The van der Waals surface area contributed by atoms with Gasteiger partial charge in [-0.05, 0) is 18.4 Å². The van der Waals surface area contributed by atoms with E-state index < -0.39 is 0 Å². The Kier molecular flexibility index (Phi) is 4.10. The molecule has 0 spiro atoms. The molecule has 2 atom stereocenters. The summed E-state index contributed by atoms with van der Waals surface area (Å²) in [6, 6.07) is 1.97. The van der Waals surface area contributed by atoms with E-state index in [4.69, 9.17) is 10.5 Å². The van der Waals surface area contributed by atoms with Crippen LogP contribution in [-0.4, -0.2) is 23.5 Å². The first-order valence-corrected chi connectivity index (χ1v) is 4.89. The average Bonchev–Trinajstić information content (AvgIpc) is 2.60. The lowest BCUT2D eigenvalue weighted by Gasteiger charge is -2.17. The highest BCUT2D eigenvalue weighted by atomic mass is 16.5. The number of hydrogen-bond donors (Lipinski definition) is 1. The molecule has 4 nitrogen and oxygen atoms in total. The van der Waals surface area contributed by atoms with Gasteiger partial charge in [-0.2, -0.15) is 5.10 Å². The molecule has 0 saturated carbocycles. The van der Waals surface area contributed by atoms with Gasteiger partial charge >= 0.3 is 0 Å². The van der Waals surface area contributed by atoms with Crippen molar-refractivity contribution in [3.05, 3.63) is 18.0 Å². The molecule has 2 unspecified atom stereocenters. The second-order valence-corrected chi connectivity index (χ2v) is 3.70. The van der Waals surface area contributed by atoms with E-state index in [1.54, 1.807) is 11.8 Å². The summed E-state index contributed by atoms with van der Waals surface area (Å²) in [6.07, 6.45) is 2.88. The lowest BCUT2D eigenvalue weighted by Crippen LogP contribution is -2.21. The van der Waals surface area contributed by atoms with Crippen molar-refractivity contribution >= 4 is 0 Å². The molecule has 4 heteroatoms. The molecule has 1 rings (SSSR count). The molecule has 14 heavy (non-hydrogen) atoms. The Balaban J connectivity index is 2.51. The van der Waals surface area contributed by atoms with Crippen LogP contribution in [-0.2, 0) is 11.8 Å². The average molecular weight is 197 g/mol. The highest BCUT2D eigenvalue weighted by Gasteiger charge is 2.16. The van der Waals surface area contributed by atoms with Crippen LogP contribution < -0.4 is 5.73 Å². The van der Waals surface area contributed by atoms with Gasteiger partial charge in [0.25, 0.3) is 0 Å². The molecule has 1 aromatic rings. The molecule has 1 aromatic heterocycles. The number of aryl methyl sites for hydroxylation is 1. The van der Waals surface area contributed by atoms with Crippen molar-refractivity contribution in [2.24, 2.45) is 18.7 Å². The molecule has 2 N–H and O–H groups in total. The summed E-state index contributed by atoms with van der Waals surface area (Å²) in [4.78, 5) is 0. The molecule has 0 bridgehead atoms. The molecule has 1 heterocycles. The Morgan fingerprint density at radius 3 is 2.86 bits per heavy atom. The van der Waals surface area contributed by atoms with Crippen molar-refractivity contribution in [3.63, 3.8) is 0 Å². The zero-order valence-corrected chi connectivity index (χ0v) is 9.10. The second-order valence-electron chi connectivity index (χ2n) is 3.70. The van der Waals surface area contributed by atoms with E-state index in [2.05, 4.69) is 12.0 Å². The maximum Gasteiger partial charge on any atom is 0.0794 e. The van der Waals surface area contributed by atoms with Crippen molar-refractivity contribution in [2.75, 3.05) is 13.7 Å². The lowest BCUT2D eigenvalue weighted by molar-refractivity contribution is 0.174. The van der Waals surface area contributed by atoms with Crippen LogP contribution >= 0.6 is 0 Å². The molecule has 0 aromatic carbocycles. The predicted molar refractivity (Wildman–Crippen MR) is 55.8 cm³/mol. The second kappa shape index (κ2) is 5.12. The summed E-state index contributed by atoms with van der Waals surface area (Å²) >= 11 is 0. The van der Waals surface area contributed by atoms with Gasteiger partial charge in [-0.1, -0.05) is 6.92 Å². The summed E-state index contributed by atoms with van der Waals surface area (Å²) in [7, 11) is 3.61. The van der Waals surface area contributed by atoms with Crippen LogP contribution in [0, 0.1) is 5.92 Å². The fourth-order valence-corrected chi connectivity index (χ4v) is 1.39. The zero-order chi connectivity index (χ0) is 10.6. The van der Waals surface area contributed by atoms with Gasteiger partial charge in [0.05, 0.1) is 11.7 Å². The van der Waals surface area contributed by atoms with Gasteiger partial charge in [0.2, 0.25) is 0 Å². The standard InChI is InChI=1S/C10H19N3O/c1-8(5-7-14-3)10(11)9-4-6-13(2)12-9/h4,6,8,10H,5,7,11H2,1-3H3. The number of aromatic nitrogens is 2. The van der Waals surface area contributed by atoms with Crippen molar-refractivity contribution in [1.29, 1.82) is 0 Å². The van der Waals surface area contributed by atoms with E-state index in [0.717, 1.165) is 18.7 Å².